The Balaban J connectivity index is 3.23. The summed E-state index contributed by atoms with van der Waals surface area (Å²) in [5.41, 5.74) is -2.83. The van der Waals surface area contributed by atoms with Gasteiger partial charge in [0.1, 0.15) is 0 Å². The number of alkyl halides is 5. The van der Waals surface area contributed by atoms with E-state index in [9.17, 15) is 22.0 Å². The van der Waals surface area contributed by atoms with Crippen molar-refractivity contribution >= 4 is 0 Å². The minimum atomic E-state index is -4.94. The van der Waals surface area contributed by atoms with Crippen LogP contribution < -0.4 is 0 Å². The topological polar surface area (TPSA) is 38.0 Å². The summed E-state index contributed by atoms with van der Waals surface area (Å²) in [7, 11) is 1.12. The van der Waals surface area contributed by atoms with E-state index in [2.05, 4.69) is 5.10 Å². The van der Waals surface area contributed by atoms with Gasteiger partial charge in [-0.2, -0.15) is 18.3 Å². The molecule has 0 fully saturated rings. The molecule has 0 atom stereocenters. The molecule has 0 aliphatic heterocycles. The van der Waals surface area contributed by atoms with Crippen LogP contribution >= 0.6 is 0 Å². The fourth-order valence-corrected chi connectivity index (χ4v) is 1.24. The number of hydrogen-bond acceptors (Lipinski definition) is 2. The van der Waals surface area contributed by atoms with Crippen LogP contribution in [-0.4, -0.2) is 21.5 Å². The molecule has 0 amide bonds. The highest BCUT2D eigenvalue weighted by Gasteiger charge is 2.45. The van der Waals surface area contributed by atoms with Crippen LogP contribution in [0.25, 0.3) is 0 Å². The molecular weight excluding hydrogens is 235 g/mol. The maximum atomic E-state index is 13.2. The first-order chi connectivity index (χ1) is 7.18. The van der Waals surface area contributed by atoms with E-state index in [1.807, 2.05) is 0 Å². The number of aliphatic hydroxyl groups is 1. The first kappa shape index (κ1) is 12.9. The molecule has 0 bridgehead atoms. The van der Waals surface area contributed by atoms with E-state index in [1.165, 1.54) is 0 Å². The molecule has 0 aliphatic carbocycles. The Hall–Kier alpha value is -1.18. The Labute approximate surface area is 87.5 Å². The van der Waals surface area contributed by atoms with Crippen LogP contribution in [0, 0.1) is 0 Å². The lowest BCUT2D eigenvalue weighted by Gasteiger charge is -2.15. The third-order valence-corrected chi connectivity index (χ3v) is 1.92. The molecule has 0 unspecified atom stereocenters. The van der Waals surface area contributed by atoms with Crippen LogP contribution in [0.5, 0.6) is 0 Å². The van der Waals surface area contributed by atoms with E-state index in [1.54, 1.807) is 0 Å². The first-order valence-electron chi connectivity index (χ1n) is 4.28. The van der Waals surface area contributed by atoms with Crippen LogP contribution in [0.4, 0.5) is 22.0 Å². The normalized spacial score (nSPS) is 13.2. The van der Waals surface area contributed by atoms with Gasteiger partial charge in [-0.25, -0.2) is 8.78 Å². The second-order valence-electron chi connectivity index (χ2n) is 3.24. The number of aliphatic hydroxyl groups excluding tert-OH is 1. The Morgan fingerprint density at radius 1 is 1.31 bits per heavy atom. The average Bonchev–Trinajstić information content (AvgIpc) is 2.46. The Morgan fingerprint density at radius 2 is 1.88 bits per heavy atom. The Kier molecular flexibility index (Phi) is 3.22. The van der Waals surface area contributed by atoms with Crippen LogP contribution in [0.3, 0.4) is 0 Å². The van der Waals surface area contributed by atoms with Crippen molar-refractivity contribution in [1.82, 2.24) is 9.78 Å². The highest BCUT2D eigenvalue weighted by Crippen LogP contribution is 2.39. The molecule has 1 rings (SSSR count). The highest BCUT2D eigenvalue weighted by molar-refractivity contribution is 5.25. The fraction of sp³-hybridized carbons (Fsp3) is 0.625. The summed E-state index contributed by atoms with van der Waals surface area (Å²) in [5.74, 6) is -3.74. The molecule has 1 heterocycles. The van der Waals surface area contributed by atoms with Gasteiger partial charge in [0, 0.05) is 26.3 Å². The van der Waals surface area contributed by atoms with Crippen molar-refractivity contribution in [2.24, 2.45) is 7.05 Å². The highest BCUT2D eigenvalue weighted by atomic mass is 19.4. The summed E-state index contributed by atoms with van der Waals surface area (Å²) in [6.07, 6.45) is -5.39. The second-order valence-corrected chi connectivity index (χ2v) is 3.24. The van der Waals surface area contributed by atoms with Gasteiger partial charge < -0.3 is 5.11 Å². The average molecular weight is 244 g/mol. The molecule has 1 N–H and O–H groups in total. The maximum absolute atomic E-state index is 13.2. The molecule has 92 valence electrons. The summed E-state index contributed by atoms with van der Waals surface area (Å²) in [6, 6.07) is 0. The Bertz CT molecular complexity index is 371. The number of rotatable bonds is 3. The zero-order valence-corrected chi connectivity index (χ0v) is 8.22. The molecule has 0 saturated heterocycles. The third-order valence-electron chi connectivity index (χ3n) is 1.92. The number of nitrogens with zero attached hydrogens (tertiary/aromatic N) is 2. The van der Waals surface area contributed by atoms with E-state index in [-0.39, 0.29) is 0 Å². The van der Waals surface area contributed by atoms with Gasteiger partial charge in [-0.1, -0.05) is 0 Å². The minimum absolute atomic E-state index is 0.610. The zero-order valence-electron chi connectivity index (χ0n) is 8.22. The van der Waals surface area contributed by atoms with E-state index in [0.717, 1.165) is 7.05 Å². The molecule has 1 aromatic heterocycles. The van der Waals surface area contributed by atoms with Crippen LogP contribution in [0.15, 0.2) is 6.20 Å². The van der Waals surface area contributed by atoms with Crippen LogP contribution in [0.1, 0.15) is 17.7 Å². The molecule has 0 radical (unpaired) electrons. The third kappa shape index (κ3) is 2.49. The first-order valence-corrected chi connectivity index (χ1v) is 4.28. The van der Waals surface area contributed by atoms with Crippen molar-refractivity contribution in [3.63, 3.8) is 0 Å². The Morgan fingerprint density at radius 3 is 2.31 bits per heavy atom. The standard InChI is InChI=1S/C8H9F5N2O/c1-15-4-5(7(9,10)2-3-16)6(14-15)8(11,12)13/h4,16H,2-3H2,1H3. The van der Waals surface area contributed by atoms with Crippen molar-refractivity contribution in [3.8, 4) is 0 Å². The second kappa shape index (κ2) is 4.00. The summed E-state index contributed by atoms with van der Waals surface area (Å²) in [5, 5.41) is 11.3. The minimum Gasteiger partial charge on any atom is -0.396 e. The smallest absolute Gasteiger partial charge is 0.396 e. The van der Waals surface area contributed by atoms with Crippen molar-refractivity contribution < 1.29 is 27.1 Å². The van der Waals surface area contributed by atoms with E-state index in [4.69, 9.17) is 5.11 Å². The van der Waals surface area contributed by atoms with E-state index >= 15 is 0 Å². The van der Waals surface area contributed by atoms with Crippen molar-refractivity contribution in [2.75, 3.05) is 6.61 Å². The van der Waals surface area contributed by atoms with Gasteiger partial charge in [-0.05, 0) is 0 Å². The van der Waals surface area contributed by atoms with Crippen molar-refractivity contribution in [1.29, 1.82) is 0 Å². The molecule has 16 heavy (non-hydrogen) atoms. The fourth-order valence-electron chi connectivity index (χ4n) is 1.24. The molecule has 3 nitrogen and oxygen atoms in total. The van der Waals surface area contributed by atoms with Gasteiger partial charge in [0.05, 0.1) is 5.56 Å². The van der Waals surface area contributed by atoms with Crippen LogP contribution in [0.2, 0.25) is 0 Å². The zero-order chi connectivity index (χ0) is 12.6. The monoisotopic (exact) mass is 244 g/mol. The van der Waals surface area contributed by atoms with Crippen molar-refractivity contribution in [3.05, 3.63) is 17.5 Å². The summed E-state index contributed by atoms with van der Waals surface area (Å²) in [6.45, 7) is -0.904. The number of hydrogen-bond donors (Lipinski definition) is 1. The largest absolute Gasteiger partial charge is 0.435 e. The molecule has 0 saturated carbocycles. The molecule has 0 spiro atoms. The van der Waals surface area contributed by atoms with E-state index in [0.29, 0.717) is 10.9 Å². The molecular formula is C8H9F5N2O. The quantitative estimate of drug-likeness (QED) is 0.825. The number of halogens is 5. The predicted octanol–water partition coefficient (Wildman–Crippen LogP) is 1.91. The van der Waals surface area contributed by atoms with Gasteiger partial charge in [0.25, 0.3) is 5.92 Å². The van der Waals surface area contributed by atoms with E-state index < -0.39 is 36.4 Å². The lowest BCUT2D eigenvalue weighted by molar-refractivity contribution is -0.146. The summed E-state index contributed by atoms with van der Waals surface area (Å²) < 4.78 is 64.2. The van der Waals surface area contributed by atoms with Crippen LogP contribution in [-0.2, 0) is 19.1 Å². The maximum Gasteiger partial charge on any atom is 0.435 e. The van der Waals surface area contributed by atoms with Crippen molar-refractivity contribution in [2.45, 2.75) is 18.5 Å². The SMILES string of the molecule is Cn1cc(C(F)(F)CCO)c(C(F)(F)F)n1. The lowest BCUT2D eigenvalue weighted by Crippen LogP contribution is -2.20. The number of aryl methyl sites for hydroxylation is 1. The lowest BCUT2D eigenvalue weighted by atomic mass is 10.1. The van der Waals surface area contributed by atoms with Gasteiger partial charge in [-0.15, -0.1) is 0 Å². The molecule has 0 aromatic carbocycles. The van der Waals surface area contributed by atoms with Gasteiger partial charge in [-0.3, -0.25) is 4.68 Å². The summed E-state index contributed by atoms with van der Waals surface area (Å²) in [4.78, 5) is 0. The summed E-state index contributed by atoms with van der Waals surface area (Å²) >= 11 is 0. The predicted molar refractivity (Wildman–Crippen MR) is 43.8 cm³/mol. The van der Waals surface area contributed by atoms with Gasteiger partial charge in [0.15, 0.2) is 5.69 Å². The molecule has 1 aromatic rings. The van der Waals surface area contributed by atoms with Gasteiger partial charge >= 0.3 is 6.18 Å². The van der Waals surface area contributed by atoms with Gasteiger partial charge in [0.2, 0.25) is 0 Å². The number of aromatic nitrogens is 2. The molecule has 8 heteroatoms. The molecule has 0 aliphatic rings.